The van der Waals surface area contributed by atoms with E-state index in [2.05, 4.69) is 57.2 Å². The van der Waals surface area contributed by atoms with E-state index in [9.17, 15) is 14.4 Å². The lowest BCUT2D eigenvalue weighted by molar-refractivity contribution is -0.167. The van der Waals surface area contributed by atoms with Crippen LogP contribution in [0.1, 0.15) is 393 Å². The molecule has 0 aliphatic rings. The molecule has 0 rings (SSSR count). The zero-order valence-electron chi connectivity index (χ0n) is 53.4. The monoisotopic (exact) mass is 1110 g/mol. The number of carbonyl (C=O) groups is 3. The molecule has 0 saturated carbocycles. The average Bonchev–Trinajstić information content (AvgIpc) is 3.45. The number of ether oxygens (including phenoxy) is 3. The van der Waals surface area contributed by atoms with E-state index in [1.807, 2.05) is 0 Å². The summed E-state index contributed by atoms with van der Waals surface area (Å²) in [6.07, 6.45) is 84.7. The Bertz CT molecular complexity index is 1320. The minimum atomic E-state index is -0.772. The van der Waals surface area contributed by atoms with Crippen molar-refractivity contribution in [1.29, 1.82) is 0 Å². The normalized spacial score (nSPS) is 12.2. The van der Waals surface area contributed by atoms with Gasteiger partial charge >= 0.3 is 17.9 Å². The predicted molar refractivity (Wildman–Crippen MR) is 344 cm³/mol. The van der Waals surface area contributed by atoms with Crippen LogP contribution in [-0.2, 0) is 28.6 Å². The molecule has 0 N–H and O–H groups in total. The molecule has 0 amide bonds. The Hall–Kier alpha value is -2.37. The van der Waals surface area contributed by atoms with Crippen LogP contribution in [0.5, 0.6) is 0 Å². The first-order valence-corrected chi connectivity index (χ1v) is 35.5. The summed E-state index contributed by atoms with van der Waals surface area (Å²) in [5.41, 5.74) is 0. The maximum Gasteiger partial charge on any atom is 0.306 e. The largest absolute Gasteiger partial charge is 0.462 e. The number of esters is 3. The topological polar surface area (TPSA) is 78.9 Å². The maximum atomic E-state index is 12.9. The van der Waals surface area contributed by atoms with Crippen LogP contribution in [0, 0.1) is 0 Å². The third kappa shape index (κ3) is 66.3. The Kier molecular flexibility index (Phi) is 66.1. The first kappa shape index (κ1) is 76.6. The van der Waals surface area contributed by atoms with Gasteiger partial charge in [-0.3, -0.25) is 14.4 Å². The molecule has 0 saturated heterocycles. The summed E-state index contributed by atoms with van der Waals surface area (Å²) >= 11 is 0. The summed E-state index contributed by atoms with van der Waals surface area (Å²) in [4.78, 5) is 38.4. The second kappa shape index (κ2) is 68.1. The molecule has 0 aliphatic carbocycles. The molecule has 0 spiro atoms. The van der Waals surface area contributed by atoms with Gasteiger partial charge < -0.3 is 14.2 Å². The molecule has 1 unspecified atom stereocenters. The zero-order valence-corrected chi connectivity index (χ0v) is 53.4. The Morgan fingerprint density at radius 3 is 0.734 bits per heavy atom. The Morgan fingerprint density at radius 2 is 0.456 bits per heavy atom. The van der Waals surface area contributed by atoms with Gasteiger partial charge in [0.25, 0.3) is 0 Å². The molecule has 0 aliphatic heterocycles. The van der Waals surface area contributed by atoms with Gasteiger partial charge in [-0.05, 0) is 77.0 Å². The van der Waals surface area contributed by atoms with Crippen molar-refractivity contribution in [3.8, 4) is 0 Å². The maximum absolute atomic E-state index is 12.9. The van der Waals surface area contributed by atoms with Crippen molar-refractivity contribution in [2.45, 2.75) is 399 Å². The minimum absolute atomic E-state index is 0.0690. The van der Waals surface area contributed by atoms with Gasteiger partial charge in [-0.2, -0.15) is 0 Å². The Labute approximate surface area is 493 Å². The molecule has 6 nitrogen and oxygen atoms in total. The average molecular weight is 1110 g/mol. The van der Waals surface area contributed by atoms with Crippen LogP contribution in [0.3, 0.4) is 0 Å². The fraction of sp³-hybridized carbons (Fsp3) is 0.877. The van der Waals surface area contributed by atoms with Gasteiger partial charge in [0, 0.05) is 19.3 Å². The first-order chi connectivity index (χ1) is 39.0. The van der Waals surface area contributed by atoms with Crippen molar-refractivity contribution >= 4 is 17.9 Å². The van der Waals surface area contributed by atoms with Crippen molar-refractivity contribution in [3.63, 3.8) is 0 Å². The molecule has 1 atom stereocenters. The highest BCUT2D eigenvalue weighted by Gasteiger charge is 2.19. The standard InChI is InChI=1S/C73H136O6/c1-4-7-10-13-16-19-22-25-27-29-31-33-34-35-36-37-38-39-40-41-43-44-46-48-51-54-57-60-63-66-72(75)78-69-70(68-77-71(74)65-62-59-56-53-50-24-21-18-15-12-9-6-3)79-73(76)67-64-61-58-55-52-49-47-45-42-32-30-28-26-23-20-17-14-11-8-5-2/h18,21-22,25,29,31,70H,4-17,19-20,23-24,26-28,30,32-69H2,1-3H3/b21-18-,25-22-,31-29-. The fourth-order valence-corrected chi connectivity index (χ4v) is 10.8. The van der Waals surface area contributed by atoms with Gasteiger partial charge in [-0.15, -0.1) is 0 Å². The summed E-state index contributed by atoms with van der Waals surface area (Å²) < 4.78 is 17.0. The lowest BCUT2D eigenvalue weighted by Crippen LogP contribution is -2.30. The molecular formula is C73H136O6. The van der Waals surface area contributed by atoms with Crippen molar-refractivity contribution in [2.75, 3.05) is 13.2 Å². The molecule has 0 aromatic heterocycles. The first-order valence-electron chi connectivity index (χ1n) is 35.5. The molecule has 0 fully saturated rings. The number of allylic oxidation sites excluding steroid dienone is 6. The third-order valence-corrected chi connectivity index (χ3v) is 16.1. The lowest BCUT2D eigenvalue weighted by Gasteiger charge is -2.18. The van der Waals surface area contributed by atoms with Crippen LogP contribution in [-0.4, -0.2) is 37.2 Å². The van der Waals surface area contributed by atoms with Crippen LogP contribution < -0.4 is 0 Å². The Balaban J connectivity index is 4.16. The number of hydrogen-bond acceptors (Lipinski definition) is 6. The summed E-state index contributed by atoms with van der Waals surface area (Å²) in [6.45, 7) is 6.67. The van der Waals surface area contributed by atoms with Crippen LogP contribution >= 0.6 is 0 Å². The number of carbonyl (C=O) groups excluding carboxylic acids is 3. The van der Waals surface area contributed by atoms with E-state index in [1.165, 1.54) is 283 Å². The predicted octanol–water partition coefficient (Wildman–Crippen LogP) is 24.3. The van der Waals surface area contributed by atoms with Crippen molar-refractivity contribution in [3.05, 3.63) is 36.5 Å². The molecule has 79 heavy (non-hydrogen) atoms. The summed E-state index contributed by atoms with van der Waals surface area (Å²) in [5, 5.41) is 0. The van der Waals surface area contributed by atoms with Crippen molar-refractivity contribution in [2.24, 2.45) is 0 Å². The van der Waals surface area contributed by atoms with E-state index >= 15 is 0 Å². The van der Waals surface area contributed by atoms with Gasteiger partial charge in [0.1, 0.15) is 13.2 Å². The van der Waals surface area contributed by atoms with Crippen LogP contribution in [0.4, 0.5) is 0 Å². The van der Waals surface area contributed by atoms with Crippen LogP contribution in [0.25, 0.3) is 0 Å². The smallest absolute Gasteiger partial charge is 0.306 e. The van der Waals surface area contributed by atoms with E-state index in [1.54, 1.807) is 0 Å². The summed E-state index contributed by atoms with van der Waals surface area (Å²) in [5.74, 6) is -0.849. The highest BCUT2D eigenvalue weighted by Crippen LogP contribution is 2.18. The molecule has 0 aromatic rings. The van der Waals surface area contributed by atoms with Crippen LogP contribution in [0.2, 0.25) is 0 Å². The SMILES string of the molecule is CCCCC/C=C\CCCCCCCC(=O)OCC(COC(=O)CCCCCCCCCCCCCCCCCCC/C=C\C/C=C\CCCCCCC)OC(=O)CCCCCCCCCCCCCCCCCCCCCC. The second-order valence-electron chi connectivity index (χ2n) is 24.1. The molecule has 0 bridgehead atoms. The molecule has 6 heteroatoms. The molecular weight excluding hydrogens is 973 g/mol. The van der Waals surface area contributed by atoms with Gasteiger partial charge in [0.2, 0.25) is 0 Å². The van der Waals surface area contributed by atoms with Crippen molar-refractivity contribution < 1.29 is 28.6 Å². The van der Waals surface area contributed by atoms with E-state index in [4.69, 9.17) is 14.2 Å². The fourth-order valence-electron chi connectivity index (χ4n) is 10.8. The highest BCUT2D eigenvalue weighted by atomic mass is 16.6. The van der Waals surface area contributed by atoms with E-state index < -0.39 is 6.10 Å². The van der Waals surface area contributed by atoms with Gasteiger partial charge in [-0.1, -0.05) is 333 Å². The Morgan fingerprint density at radius 1 is 0.253 bits per heavy atom. The molecule has 0 aromatic carbocycles. The number of hydrogen-bond donors (Lipinski definition) is 0. The highest BCUT2D eigenvalue weighted by molar-refractivity contribution is 5.71. The molecule has 464 valence electrons. The van der Waals surface area contributed by atoms with Crippen molar-refractivity contribution in [1.82, 2.24) is 0 Å². The number of unbranched alkanes of at least 4 members (excludes halogenated alkanes) is 49. The van der Waals surface area contributed by atoms with E-state index in [0.717, 1.165) is 70.6 Å². The van der Waals surface area contributed by atoms with Gasteiger partial charge in [0.05, 0.1) is 0 Å². The number of rotatable bonds is 66. The van der Waals surface area contributed by atoms with Gasteiger partial charge in [-0.25, -0.2) is 0 Å². The van der Waals surface area contributed by atoms with Crippen LogP contribution in [0.15, 0.2) is 36.5 Å². The quantitative estimate of drug-likeness (QED) is 0.0261. The minimum Gasteiger partial charge on any atom is -0.462 e. The summed E-state index contributed by atoms with van der Waals surface area (Å²) in [6, 6.07) is 0. The second-order valence-corrected chi connectivity index (χ2v) is 24.1. The van der Waals surface area contributed by atoms with Gasteiger partial charge in [0.15, 0.2) is 6.10 Å². The lowest BCUT2D eigenvalue weighted by atomic mass is 10.0. The molecule has 0 radical (unpaired) electrons. The van der Waals surface area contributed by atoms with E-state index in [0.29, 0.717) is 19.3 Å². The zero-order chi connectivity index (χ0) is 57.1. The molecule has 0 heterocycles. The summed E-state index contributed by atoms with van der Waals surface area (Å²) in [7, 11) is 0. The van der Waals surface area contributed by atoms with E-state index in [-0.39, 0.29) is 31.1 Å². The third-order valence-electron chi connectivity index (χ3n) is 16.1.